The molecule has 0 heterocycles. The maximum atomic E-state index is 13.8. The van der Waals surface area contributed by atoms with Crippen molar-refractivity contribution in [2.24, 2.45) is 0 Å². The van der Waals surface area contributed by atoms with E-state index in [4.69, 9.17) is 4.74 Å². The standard InChI is InChI=1S/C17H19FN2O4S/c1-24-13-8-6-12(7-9-13)10-20-16(21)11-19-15-5-3-4-14(18)17(15)25(2,22)23/h3-9,19H,10-11H2,1-2H3,(H,20,21). The zero-order valence-electron chi connectivity index (χ0n) is 13.9. The largest absolute Gasteiger partial charge is 0.497 e. The second-order valence-corrected chi connectivity index (χ2v) is 7.32. The van der Waals surface area contributed by atoms with Crippen LogP contribution in [0.2, 0.25) is 0 Å². The summed E-state index contributed by atoms with van der Waals surface area (Å²) in [6.07, 6.45) is 0.917. The molecule has 2 aromatic rings. The third-order valence-electron chi connectivity index (χ3n) is 3.43. The minimum atomic E-state index is -3.76. The van der Waals surface area contributed by atoms with Crippen molar-refractivity contribution in [3.63, 3.8) is 0 Å². The molecular formula is C17H19FN2O4S. The number of ether oxygens (including phenoxy) is 1. The van der Waals surface area contributed by atoms with E-state index in [1.807, 2.05) is 12.1 Å². The van der Waals surface area contributed by atoms with E-state index >= 15 is 0 Å². The number of nitrogens with one attached hydrogen (secondary N) is 2. The number of sulfone groups is 1. The number of benzene rings is 2. The molecule has 2 aromatic carbocycles. The van der Waals surface area contributed by atoms with E-state index in [2.05, 4.69) is 10.6 Å². The predicted octanol–water partition coefficient (Wildman–Crippen LogP) is 1.97. The molecule has 0 atom stereocenters. The van der Waals surface area contributed by atoms with Crippen molar-refractivity contribution >= 4 is 21.4 Å². The number of anilines is 1. The van der Waals surface area contributed by atoms with E-state index in [0.29, 0.717) is 6.54 Å². The maximum absolute atomic E-state index is 13.8. The molecule has 0 aliphatic rings. The van der Waals surface area contributed by atoms with Crippen molar-refractivity contribution in [2.75, 3.05) is 25.2 Å². The van der Waals surface area contributed by atoms with Crippen molar-refractivity contribution in [1.82, 2.24) is 5.32 Å². The van der Waals surface area contributed by atoms with Crippen LogP contribution >= 0.6 is 0 Å². The van der Waals surface area contributed by atoms with Gasteiger partial charge in [0.25, 0.3) is 0 Å². The topological polar surface area (TPSA) is 84.5 Å². The number of carbonyl (C=O) groups excluding carboxylic acids is 1. The molecule has 2 N–H and O–H groups in total. The van der Waals surface area contributed by atoms with Gasteiger partial charge >= 0.3 is 0 Å². The summed E-state index contributed by atoms with van der Waals surface area (Å²) in [5.41, 5.74) is 0.943. The Balaban J connectivity index is 1.95. The number of methoxy groups -OCH3 is 1. The number of hydrogen-bond acceptors (Lipinski definition) is 5. The van der Waals surface area contributed by atoms with Crippen LogP contribution in [0.5, 0.6) is 5.75 Å². The summed E-state index contributed by atoms with van der Waals surface area (Å²) in [6.45, 7) is 0.134. The first-order valence-electron chi connectivity index (χ1n) is 7.43. The lowest BCUT2D eigenvalue weighted by atomic mass is 10.2. The van der Waals surface area contributed by atoms with Crippen molar-refractivity contribution in [3.05, 3.63) is 53.8 Å². The van der Waals surface area contributed by atoms with Gasteiger partial charge in [0.1, 0.15) is 16.5 Å². The van der Waals surface area contributed by atoms with Gasteiger partial charge in [-0.1, -0.05) is 18.2 Å². The lowest BCUT2D eigenvalue weighted by Crippen LogP contribution is -2.29. The number of hydrogen-bond donors (Lipinski definition) is 2. The third-order valence-corrected chi connectivity index (χ3v) is 4.58. The molecule has 0 saturated heterocycles. The monoisotopic (exact) mass is 366 g/mol. The van der Waals surface area contributed by atoms with Gasteiger partial charge in [-0.25, -0.2) is 12.8 Å². The molecule has 0 bridgehead atoms. The zero-order chi connectivity index (χ0) is 18.4. The van der Waals surface area contributed by atoms with Crippen molar-refractivity contribution in [3.8, 4) is 5.75 Å². The minimum absolute atomic E-state index is 0.0575. The Labute approximate surface area is 145 Å². The normalized spacial score (nSPS) is 11.0. The highest BCUT2D eigenvalue weighted by Gasteiger charge is 2.18. The van der Waals surface area contributed by atoms with Crippen LogP contribution in [0.4, 0.5) is 10.1 Å². The fraction of sp³-hybridized carbons (Fsp3) is 0.235. The Bertz CT molecular complexity index is 851. The highest BCUT2D eigenvalue weighted by atomic mass is 32.2. The molecule has 134 valence electrons. The summed E-state index contributed by atoms with van der Waals surface area (Å²) in [7, 11) is -2.19. The molecule has 0 aliphatic heterocycles. The number of amides is 1. The molecule has 0 aliphatic carbocycles. The molecule has 25 heavy (non-hydrogen) atoms. The first-order valence-corrected chi connectivity index (χ1v) is 9.32. The van der Waals surface area contributed by atoms with Crippen LogP contribution in [-0.4, -0.2) is 34.2 Å². The Hall–Kier alpha value is -2.61. The zero-order valence-corrected chi connectivity index (χ0v) is 14.7. The number of halogens is 1. The lowest BCUT2D eigenvalue weighted by Gasteiger charge is -2.12. The van der Waals surface area contributed by atoms with E-state index in [1.54, 1.807) is 19.2 Å². The van der Waals surface area contributed by atoms with Gasteiger partial charge in [0.2, 0.25) is 5.91 Å². The van der Waals surface area contributed by atoms with Crippen LogP contribution in [0.1, 0.15) is 5.56 Å². The highest BCUT2D eigenvalue weighted by molar-refractivity contribution is 7.90. The molecule has 0 radical (unpaired) electrons. The van der Waals surface area contributed by atoms with E-state index in [-0.39, 0.29) is 18.1 Å². The average molecular weight is 366 g/mol. The molecule has 8 heteroatoms. The molecule has 0 saturated carbocycles. The number of carbonyl (C=O) groups is 1. The minimum Gasteiger partial charge on any atom is -0.497 e. The van der Waals surface area contributed by atoms with Crippen LogP contribution in [-0.2, 0) is 21.2 Å². The first kappa shape index (κ1) is 18.7. The van der Waals surface area contributed by atoms with Crippen LogP contribution in [0.15, 0.2) is 47.4 Å². The van der Waals surface area contributed by atoms with Gasteiger partial charge in [-0.05, 0) is 29.8 Å². The fourth-order valence-corrected chi connectivity index (χ4v) is 3.17. The van der Waals surface area contributed by atoms with Gasteiger partial charge < -0.3 is 15.4 Å². The van der Waals surface area contributed by atoms with Gasteiger partial charge in [-0.15, -0.1) is 0 Å². The summed E-state index contributed by atoms with van der Waals surface area (Å²) in [6, 6.07) is 11.1. The summed E-state index contributed by atoms with van der Waals surface area (Å²) in [5.74, 6) is -0.484. The Morgan fingerprint density at radius 2 is 1.84 bits per heavy atom. The lowest BCUT2D eigenvalue weighted by molar-refractivity contribution is -0.119. The fourth-order valence-electron chi connectivity index (χ4n) is 2.21. The van der Waals surface area contributed by atoms with Crippen molar-refractivity contribution < 1.29 is 22.3 Å². The quantitative estimate of drug-likeness (QED) is 0.783. The van der Waals surface area contributed by atoms with Crippen LogP contribution in [0.3, 0.4) is 0 Å². The predicted molar refractivity (Wildman–Crippen MR) is 92.8 cm³/mol. The van der Waals surface area contributed by atoms with Crippen molar-refractivity contribution in [2.45, 2.75) is 11.4 Å². The molecule has 0 aromatic heterocycles. The summed E-state index contributed by atoms with van der Waals surface area (Å²) < 4.78 is 42.2. The highest BCUT2D eigenvalue weighted by Crippen LogP contribution is 2.24. The first-order chi connectivity index (χ1) is 11.8. The summed E-state index contributed by atoms with van der Waals surface area (Å²) in [4.78, 5) is 11.5. The molecule has 0 spiro atoms. The van der Waals surface area contributed by atoms with Crippen molar-refractivity contribution in [1.29, 1.82) is 0 Å². The molecule has 2 rings (SSSR count). The Kier molecular flexibility index (Phi) is 5.97. The van der Waals surface area contributed by atoms with E-state index in [0.717, 1.165) is 23.6 Å². The van der Waals surface area contributed by atoms with Gasteiger partial charge in [0, 0.05) is 12.8 Å². The van der Waals surface area contributed by atoms with Gasteiger partial charge in [0.05, 0.1) is 19.3 Å². The molecule has 0 unspecified atom stereocenters. The molecule has 1 amide bonds. The smallest absolute Gasteiger partial charge is 0.239 e. The second kappa shape index (κ2) is 7.98. The van der Waals surface area contributed by atoms with Crippen LogP contribution in [0, 0.1) is 5.82 Å². The summed E-state index contributed by atoms with van der Waals surface area (Å²) >= 11 is 0. The number of rotatable bonds is 7. The van der Waals surface area contributed by atoms with E-state index < -0.39 is 20.5 Å². The molecular weight excluding hydrogens is 347 g/mol. The van der Waals surface area contributed by atoms with Gasteiger partial charge in [-0.3, -0.25) is 4.79 Å². The van der Waals surface area contributed by atoms with Gasteiger partial charge in [-0.2, -0.15) is 0 Å². The van der Waals surface area contributed by atoms with E-state index in [1.165, 1.54) is 12.1 Å². The Morgan fingerprint density at radius 3 is 2.44 bits per heavy atom. The van der Waals surface area contributed by atoms with Gasteiger partial charge in [0.15, 0.2) is 9.84 Å². The van der Waals surface area contributed by atoms with Crippen LogP contribution in [0.25, 0.3) is 0 Å². The Morgan fingerprint density at radius 1 is 1.16 bits per heavy atom. The molecule has 6 nitrogen and oxygen atoms in total. The third kappa shape index (κ3) is 5.18. The summed E-state index contributed by atoms with van der Waals surface area (Å²) in [5, 5.41) is 5.36. The van der Waals surface area contributed by atoms with E-state index in [9.17, 15) is 17.6 Å². The van der Waals surface area contributed by atoms with Crippen LogP contribution < -0.4 is 15.4 Å². The maximum Gasteiger partial charge on any atom is 0.239 e. The average Bonchev–Trinajstić information content (AvgIpc) is 2.57. The second-order valence-electron chi connectivity index (χ2n) is 5.37. The molecule has 0 fully saturated rings. The SMILES string of the molecule is COc1ccc(CNC(=O)CNc2cccc(F)c2S(C)(=O)=O)cc1.